The van der Waals surface area contributed by atoms with Gasteiger partial charge in [-0.25, -0.2) is 5.32 Å². The highest BCUT2D eigenvalue weighted by atomic mass is 16.2. The maximum absolute atomic E-state index is 11.3. The first kappa shape index (κ1) is 8.57. The smallest absolute Gasteiger partial charge is 0.244 e. The predicted molar refractivity (Wildman–Crippen MR) is 44.2 cm³/mol. The molecular weight excluding hydrogens is 138 g/mol. The summed E-state index contributed by atoms with van der Waals surface area (Å²) in [7, 11) is 0. The van der Waals surface area contributed by atoms with Crippen LogP contribution in [0.15, 0.2) is 0 Å². The van der Waals surface area contributed by atoms with Crippen molar-refractivity contribution in [3.8, 4) is 0 Å². The summed E-state index contributed by atoms with van der Waals surface area (Å²) >= 11 is 0. The second-order valence-corrected chi connectivity index (χ2v) is 4.25. The van der Waals surface area contributed by atoms with Gasteiger partial charge < -0.3 is 0 Å². The maximum atomic E-state index is 11.3. The normalized spacial score (nSPS) is 19.2. The van der Waals surface area contributed by atoms with Crippen molar-refractivity contribution in [1.82, 2.24) is 5.32 Å². The van der Waals surface area contributed by atoms with Gasteiger partial charge in [-0.2, -0.15) is 0 Å². The average molecular weight is 154 g/mol. The van der Waals surface area contributed by atoms with E-state index in [4.69, 9.17) is 0 Å². The summed E-state index contributed by atoms with van der Waals surface area (Å²) in [5.41, 5.74) is -0.188. The summed E-state index contributed by atoms with van der Waals surface area (Å²) in [6.07, 6.45) is 3.31. The molecule has 0 saturated heterocycles. The third-order valence-corrected chi connectivity index (χ3v) is 1.90. The Balaban J connectivity index is 2.31. The van der Waals surface area contributed by atoms with Crippen molar-refractivity contribution in [2.75, 3.05) is 0 Å². The van der Waals surface area contributed by atoms with Gasteiger partial charge in [-0.15, -0.1) is 0 Å². The second kappa shape index (κ2) is 2.84. The minimum absolute atomic E-state index is 0.115. The summed E-state index contributed by atoms with van der Waals surface area (Å²) in [4.78, 5) is 11.3. The molecule has 0 aromatic heterocycles. The third-order valence-electron chi connectivity index (χ3n) is 1.90. The lowest BCUT2D eigenvalue weighted by Gasteiger charge is -2.27. The lowest BCUT2D eigenvalue weighted by Crippen LogP contribution is -2.39. The first-order valence-corrected chi connectivity index (χ1v) is 4.26. The Bertz CT molecular complexity index is 153. The maximum Gasteiger partial charge on any atom is 0.244 e. The van der Waals surface area contributed by atoms with E-state index in [1.54, 1.807) is 0 Å². The van der Waals surface area contributed by atoms with Crippen molar-refractivity contribution in [1.29, 1.82) is 0 Å². The number of hydrogen-bond donors (Lipinski definition) is 0. The minimum atomic E-state index is -0.188. The van der Waals surface area contributed by atoms with E-state index in [1.807, 2.05) is 20.8 Å². The summed E-state index contributed by atoms with van der Waals surface area (Å²) in [5.74, 6) is 0.373. The molecule has 0 unspecified atom stereocenters. The van der Waals surface area contributed by atoms with Crippen LogP contribution in [0.3, 0.4) is 0 Å². The van der Waals surface area contributed by atoms with Gasteiger partial charge in [-0.3, -0.25) is 4.79 Å². The summed E-state index contributed by atoms with van der Waals surface area (Å²) in [6.45, 7) is 5.89. The molecule has 63 valence electrons. The van der Waals surface area contributed by atoms with Gasteiger partial charge >= 0.3 is 0 Å². The van der Waals surface area contributed by atoms with E-state index in [9.17, 15) is 4.79 Å². The SMILES string of the molecule is CC(C)(C)[N]C(=O)C1CCC1. The van der Waals surface area contributed by atoms with Gasteiger partial charge in [0, 0.05) is 5.92 Å². The zero-order valence-corrected chi connectivity index (χ0v) is 7.55. The summed E-state index contributed by atoms with van der Waals surface area (Å²) < 4.78 is 0. The van der Waals surface area contributed by atoms with Gasteiger partial charge in [-0.05, 0) is 33.6 Å². The van der Waals surface area contributed by atoms with Crippen LogP contribution in [0, 0.1) is 5.92 Å². The molecule has 1 aliphatic carbocycles. The molecule has 1 fully saturated rings. The van der Waals surface area contributed by atoms with Crippen LogP contribution in [0.2, 0.25) is 0 Å². The van der Waals surface area contributed by atoms with Crippen LogP contribution < -0.4 is 5.32 Å². The molecule has 0 heterocycles. The van der Waals surface area contributed by atoms with E-state index in [0.29, 0.717) is 0 Å². The molecule has 0 aliphatic heterocycles. The molecule has 2 heteroatoms. The van der Waals surface area contributed by atoms with Gasteiger partial charge in [0.15, 0.2) is 0 Å². The van der Waals surface area contributed by atoms with Crippen LogP contribution >= 0.6 is 0 Å². The standard InChI is InChI=1S/C9H16NO/c1-9(2,3)10-8(11)7-5-4-6-7/h7H,4-6H2,1-3H3. The van der Waals surface area contributed by atoms with Crippen LogP contribution in [-0.4, -0.2) is 11.4 Å². The third kappa shape index (κ3) is 2.52. The van der Waals surface area contributed by atoms with Crippen LogP contribution in [0.25, 0.3) is 0 Å². The molecule has 1 saturated carbocycles. The highest BCUT2D eigenvalue weighted by Crippen LogP contribution is 2.27. The summed E-state index contributed by atoms with van der Waals surface area (Å²) in [5, 5.41) is 4.09. The molecule has 0 N–H and O–H groups in total. The van der Waals surface area contributed by atoms with Crippen molar-refractivity contribution in [3.05, 3.63) is 0 Å². The average Bonchev–Trinajstić information content (AvgIpc) is 1.50. The lowest BCUT2D eigenvalue weighted by atomic mass is 9.84. The molecule has 0 spiro atoms. The lowest BCUT2D eigenvalue weighted by molar-refractivity contribution is -0.129. The molecule has 1 aliphatic rings. The zero-order chi connectivity index (χ0) is 8.48. The number of hydrogen-bond acceptors (Lipinski definition) is 1. The number of carbonyl (C=O) groups is 1. The Labute approximate surface area is 68.4 Å². The van der Waals surface area contributed by atoms with E-state index in [-0.39, 0.29) is 17.4 Å². The Kier molecular flexibility index (Phi) is 2.21. The molecule has 0 aromatic carbocycles. The van der Waals surface area contributed by atoms with Crippen molar-refractivity contribution in [2.24, 2.45) is 5.92 Å². The van der Waals surface area contributed by atoms with Crippen molar-refractivity contribution in [2.45, 2.75) is 45.6 Å². The van der Waals surface area contributed by atoms with Crippen LogP contribution in [0.5, 0.6) is 0 Å². The molecule has 1 rings (SSSR count). The van der Waals surface area contributed by atoms with E-state index < -0.39 is 0 Å². The van der Waals surface area contributed by atoms with Crippen molar-refractivity contribution < 1.29 is 4.79 Å². The van der Waals surface area contributed by atoms with Gasteiger partial charge in [0.2, 0.25) is 5.91 Å². The highest BCUT2D eigenvalue weighted by molar-refractivity contribution is 5.79. The first-order valence-electron chi connectivity index (χ1n) is 4.26. The fraction of sp³-hybridized carbons (Fsp3) is 0.889. The van der Waals surface area contributed by atoms with E-state index >= 15 is 0 Å². The first-order chi connectivity index (χ1) is 4.99. The number of carbonyl (C=O) groups excluding carboxylic acids is 1. The number of amides is 1. The molecule has 11 heavy (non-hydrogen) atoms. The zero-order valence-electron chi connectivity index (χ0n) is 7.55. The van der Waals surface area contributed by atoms with Crippen molar-refractivity contribution in [3.63, 3.8) is 0 Å². The van der Waals surface area contributed by atoms with E-state index in [1.165, 1.54) is 6.42 Å². The molecule has 0 bridgehead atoms. The molecule has 0 atom stereocenters. The van der Waals surface area contributed by atoms with Crippen LogP contribution in [0.4, 0.5) is 0 Å². The Morgan fingerprint density at radius 2 is 1.91 bits per heavy atom. The second-order valence-electron chi connectivity index (χ2n) is 4.25. The quantitative estimate of drug-likeness (QED) is 0.565. The summed E-state index contributed by atoms with van der Waals surface area (Å²) in [6, 6.07) is 0. The molecule has 1 radical (unpaired) electrons. The van der Waals surface area contributed by atoms with Gasteiger partial charge in [0.1, 0.15) is 0 Å². The topological polar surface area (TPSA) is 31.2 Å². The molecule has 2 nitrogen and oxygen atoms in total. The number of nitrogens with zero attached hydrogens (tertiary/aromatic N) is 1. The Morgan fingerprint density at radius 1 is 1.36 bits per heavy atom. The van der Waals surface area contributed by atoms with Crippen LogP contribution in [0.1, 0.15) is 40.0 Å². The van der Waals surface area contributed by atoms with E-state index in [2.05, 4.69) is 5.32 Å². The molecule has 0 aromatic rings. The Morgan fingerprint density at radius 3 is 2.18 bits per heavy atom. The van der Waals surface area contributed by atoms with Gasteiger partial charge in [0.25, 0.3) is 0 Å². The van der Waals surface area contributed by atoms with Gasteiger partial charge in [0.05, 0.1) is 5.54 Å². The molecule has 1 amide bonds. The van der Waals surface area contributed by atoms with Crippen molar-refractivity contribution >= 4 is 5.91 Å². The van der Waals surface area contributed by atoms with Gasteiger partial charge in [-0.1, -0.05) is 6.42 Å². The fourth-order valence-corrected chi connectivity index (χ4v) is 1.08. The fourth-order valence-electron chi connectivity index (χ4n) is 1.08. The van der Waals surface area contributed by atoms with Crippen LogP contribution in [-0.2, 0) is 4.79 Å². The largest absolute Gasteiger partial charge is 0.273 e. The molecular formula is C9H16NO. The monoisotopic (exact) mass is 154 g/mol. The predicted octanol–water partition coefficient (Wildman–Crippen LogP) is 1.72. The Hall–Kier alpha value is -0.530. The minimum Gasteiger partial charge on any atom is -0.273 e. The van der Waals surface area contributed by atoms with E-state index in [0.717, 1.165) is 12.8 Å². The number of rotatable bonds is 1. The highest BCUT2D eigenvalue weighted by Gasteiger charge is 2.28.